The molecule has 1 amide bonds. The van der Waals surface area contributed by atoms with Crippen molar-refractivity contribution in [1.29, 1.82) is 0 Å². The fourth-order valence-electron chi connectivity index (χ4n) is 1.89. The van der Waals surface area contributed by atoms with E-state index in [1.165, 1.54) is 0 Å². The van der Waals surface area contributed by atoms with E-state index in [0.717, 1.165) is 6.42 Å². The average molecular weight is 262 g/mol. The zero-order valence-electron chi connectivity index (χ0n) is 10.5. The Labute approximate surface area is 103 Å². The molecule has 0 spiro atoms. The maximum Gasteiger partial charge on any atom is 0.236 e. The summed E-state index contributed by atoms with van der Waals surface area (Å²) in [5, 5.41) is 6.01. The lowest BCUT2D eigenvalue weighted by Gasteiger charge is -2.26. The smallest absolute Gasteiger partial charge is 0.236 e. The van der Waals surface area contributed by atoms with Gasteiger partial charge in [-0.05, 0) is 26.2 Å². The summed E-state index contributed by atoms with van der Waals surface area (Å²) >= 11 is 0. The Bertz CT molecular complexity index is 340. The number of rotatable bonds is 5. The van der Waals surface area contributed by atoms with Crippen LogP contribution in [0.3, 0.4) is 0 Å². The molecule has 0 bridgehead atoms. The number of hydrogen-bond donors (Lipinski definition) is 2. The molecule has 1 unspecified atom stereocenters. The number of hydrogen-bond acceptors (Lipinski definition) is 4. The van der Waals surface area contributed by atoms with Crippen LogP contribution in [-0.4, -0.2) is 44.5 Å². The largest absolute Gasteiger partial charge is 0.355 e. The highest BCUT2D eigenvalue weighted by atomic mass is 32.2. The van der Waals surface area contributed by atoms with E-state index in [4.69, 9.17) is 0 Å². The van der Waals surface area contributed by atoms with Gasteiger partial charge in [-0.2, -0.15) is 0 Å². The van der Waals surface area contributed by atoms with Gasteiger partial charge in [0.2, 0.25) is 5.91 Å². The third kappa shape index (κ3) is 5.04. The summed E-state index contributed by atoms with van der Waals surface area (Å²) in [5.41, 5.74) is 0. The monoisotopic (exact) mass is 262 g/mol. The van der Waals surface area contributed by atoms with Crippen LogP contribution < -0.4 is 10.6 Å². The van der Waals surface area contributed by atoms with Gasteiger partial charge < -0.3 is 10.6 Å². The van der Waals surface area contributed by atoms with E-state index in [1.807, 2.05) is 13.8 Å². The van der Waals surface area contributed by atoms with Gasteiger partial charge in [0.05, 0.1) is 17.5 Å². The van der Waals surface area contributed by atoms with Crippen molar-refractivity contribution in [2.24, 2.45) is 0 Å². The third-order valence-corrected chi connectivity index (χ3v) is 4.70. The lowest BCUT2D eigenvalue weighted by Crippen LogP contribution is -2.49. The molecule has 0 aliphatic carbocycles. The maximum absolute atomic E-state index is 11.6. The third-order valence-electron chi connectivity index (χ3n) is 2.98. The Morgan fingerprint density at radius 1 is 1.35 bits per heavy atom. The van der Waals surface area contributed by atoms with Crippen molar-refractivity contribution in [3.8, 4) is 0 Å². The lowest BCUT2D eigenvalue weighted by molar-refractivity contribution is -0.122. The van der Waals surface area contributed by atoms with Gasteiger partial charge >= 0.3 is 0 Å². The molecule has 0 saturated carbocycles. The van der Waals surface area contributed by atoms with E-state index >= 15 is 0 Å². The first kappa shape index (κ1) is 14.4. The minimum absolute atomic E-state index is 0.0136. The summed E-state index contributed by atoms with van der Waals surface area (Å²) in [5.74, 6) is 0.447. The van der Waals surface area contributed by atoms with Crippen molar-refractivity contribution < 1.29 is 13.2 Å². The molecule has 1 aliphatic heterocycles. The van der Waals surface area contributed by atoms with Gasteiger partial charge in [-0.15, -0.1) is 0 Å². The summed E-state index contributed by atoms with van der Waals surface area (Å²) in [7, 11) is -2.83. The summed E-state index contributed by atoms with van der Waals surface area (Å²) in [6.45, 7) is 4.50. The molecule has 0 radical (unpaired) electrons. The molecule has 1 saturated heterocycles. The molecule has 6 heteroatoms. The second-order valence-corrected chi connectivity index (χ2v) is 6.91. The van der Waals surface area contributed by atoms with Crippen LogP contribution in [-0.2, 0) is 14.6 Å². The van der Waals surface area contributed by atoms with Crippen LogP contribution in [0.4, 0.5) is 0 Å². The normalized spacial score (nSPS) is 22.0. The zero-order valence-corrected chi connectivity index (χ0v) is 11.3. The fraction of sp³-hybridized carbons (Fsp3) is 0.909. The number of amides is 1. The SMILES string of the molecule is CCCNC(=O)C(C)NC1CCS(=O)(=O)CC1. The zero-order chi connectivity index (χ0) is 12.9. The first-order valence-electron chi connectivity index (χ1n) is 6.19. The molecule has 100 valence electrons. The molecule has 1 heterocycles. The Morgan fingerprint density at radius 3 is 2.47 bits per heavy atom. The van der Waals surface area contributed by atoms with Gasteiger partial charge in [0.15, 0.2) is 0 Å². The van der Waals surface area contributed by atoms with Crippen LogP contribution >= 0.6 is 0 Å². The number of carbonyl (C=O) groups is 1. The average Bonchev–Trinajstić information content (AvgIpc) is 2.28. The summed E-state index contributed by atoms with van der Waals surface area (Å²) in [4.78, 5) is 11.6. The van der Waals surface area contributed by atoms with Gasteiger partial charge in [-0.25, -0.2) is 8.42 Å². The first-order chi connectivity index (χ1) is 7.94. The van der Waals surface area contributed by atoms with E-state index in [2.05, 4.69) is 10.6 Å². The fourth-order valence-corrected chi connectivity index (χ4v) is 3.38. The number of carbonyl (C=O) groups excluding carboxylic acids is 1. The van der Waals surface area contributed by atoms with Crippen molar-refractivity contribution in [2.75, 3.05) is 18.1 Å². The highest BCUT2D eigenvalue weighted by Gasteiger charge is 2.25. The molecule has 1 rings (SSSR count). The van der Waals surface area contributed by atoms with Crippen LogP contribution in [0, 0.1) is 0 Å². The van der Waals surface area contributed by atoms with E-state index in [0.29, 0.717) is 19.4 Å². The van der Waals surface area contributed by atoms with Crippen LogP contribution in [0.15, 0.2) is 0 Å². The molecule has 1 aliphatic rings. The van der Waals surface area contributed by atoms with Gasteiger partial charge in [-0.1, -0.05) is 6.92 Å². The lowest BCUT2D eigenvalue weighted by atomic mass is 10.1. The number of sulfone groups is 1. The van der Waals surface area contributed by atoms with Crippen molar-refractivity contribution in [3.63, 3.8) is 0 Å². The predicted octanol–water partition coefficient (Wildman–Crippen LogP) is 0.0679. The Hall–Kier alpha value is -0.620. The number of nitrogens with one attached hydrogen (secondary N) is 2. The van der Waals surface area contributed by atoms with Crippen LogP contribution in [0.5, 0.6) is 0 Å². The van der Waals surface area contributed by atoms with Gasteiger partial charge in [0, 0.05) is 12.6 Å². The Kier molecular flexibility index (Phi) is 5.39. The van der Waals surface area contributed by atoms with E-state index in [9.17, 15) is 13.2 Å². The second-order valence-electron chi connectivity index (χ2n) is 4.61. The second kappa shape index (κ2) is 6.35. The quantitative estimate of drug-likeness (QED) is 0.735. The summed E-state index contributed by atoms with van der Waals surface area (Å²) in [6.07, 6.45) is 2.13. The molecule has 1 fully saturated rings. The molecule has 1 atom stereocenters. The predicted molar refractivity (Wildman–Crippen MR) is 67.6 cm³/mol. The Morgan fingerprint density at radius 2 is 1.94 bits per heavy atom. The van der Waals surface area contributed by atoms with Crippen molar-refractivity contribution in [1.82, 2.24) is 10.6 Å². The van der Waals surface area contributed by atoms with Crippen molar-refractivity contribution >= 4 is 15.7 Å². The summed E-state index contributed by atoms with van der Waals surface area (Å²) < 4.78 is 22.5. The van der Waals surface area contributed by atoms with Gasteiger partial charge in [0.25, 0.3) is 0 Å². The minimum Gasteiger partial charge on any atom is -0.355 e. The van der Waals surface area contributed by atoms with E-state index < -0.39 is 9.84 Å². The molecular weight excluding hydrogens is 240 g/mol. The highest BCUT2D eigenvalue weighted by molar-refractivity contribution is 7.91. The Balaban J connectivity index is 2.32. The van der Waals surface area contributed by atoms with E-state index in [1.54, 1.807) is 0 Å². The topological polar surface area (TPSA) is 75.3 Å². The highest BCUT2D eigenvalue weighted by Crippen LogP contribution is 2.12. The van der Waals surface area contributed by atoms with E-state index in [-0.39, 0.29) is 29.5 Å². The molecule has 2 N–H and O–H groups in total. The molecule has 0 aromatic rings. The van der Waals surface area contributed by atoms with Gasteiger partial charge in [0.1, 0.15) is 9.84 Å². The first-order valence-corrected chi connectivity index (χ1v) is 8.01. The van der Waals surface area contributed by atoms with Crippen LogP contribution in [0.2, 0.25) is 0 Å². The maximum atomic E-state index is 11.6. The minimum atomic E-state index is -2.83. The van der Waals surface area contributed by atoms with Crippen molar-refractivity contribution in [2.45, 2.75) is 45.2 Å². The summed E-state index contributed by atoms with van der Waals surface area (Å²) in [6, 6.07) is -0.117. The van der Waals surface area contributed by atoms with Crippen LogP contribution in [0.25, 0.3) is 0 Å². The molecule has 5 nitrogen and oxygen atoms in total. The van der Waals surface area contributed by atoms with Gasteiger partial charge in [-0.3, -0.25) is 4.79 Å². The molecular formula is C11H22N2O3S. The standard InChI is InChI=1S/C11H22N2O3S/c1-3-6-12-11(14)9(2)13-10-4-7-17(15,16)8-5-10/h9-10,13H,3-8H2,1-2H3,(H,12,14). The van der Waals surface area contributed by atoms with Crippen LogP contribution in [0.1, 0.15) is 33.1 Å². The van der Waals surface area contributed by atoms with Crippen molar-refractivity contribution in [3.05, 3.63) is 0 Å². The molecule has 0 aromatic carbocycles. The molecule has 0 aromatic heterocycles. The molecule has 17 heavy (non-hydrogen) atoms.